The first-order chi connectivity index (χ1) is 6.81. The van der Waals surface area contributed by atoms with Gasteiger partial charge in [0.15, 0.2) is 6.79 Å². The van der Waals surface area contributed by atoms with Gasteiger partial charge in [0.25, 0.3) is 0 Å². The highest BCUT2D eigenvalue weighted by molar-refractivity contribution is 7.80. The van der Waals surface area contributed by atoms with Gasteiger partial charge in [0.1, 0.15) is 5.75 Å². The average molecular weight is 210 g/mol. The van der Waals surface area contributed by atoms with Gasteiger partial charge in [-0.2, -0.15) is 0 Å². The summed E-state index contributed by atoms with van der Waals surface area (Å²) >= 11 is 4.38. The Morgan fingerprint density at radius 3 is 2.79 bits per heavy atom. The zero-order chi connectivity index (χ0) is 9.97. The molecular weight excluding hydrogens is 196 g/mol. The Labute approximate surface area is 89.6 Å². The van der Waals surface area contributed by atoms with Crippen LogP contribution < -0.4 is 4.74 Å². The molecule has 2 rings (SSSR count). The molecule has 1 aliphatic carbocycles. The number of benzene rings is 1. The number of methoxy groups -OCH3 is 1. The Kier molecular flexibility index (Phi) is 2.99. The molecule has 0 unspecified atom stereocenters. The molecule has 1 aliphatic rings. The molecule has 0 aromatic heterocycles. The van der Waals surface area contributed by atoms with Crippen LogP contribution in [-0.4, -0.2) is 13.9 Å². The predicted octanol–water partition coefficient (Wildman–Crippen LogP) is 2.84. The minimum absolute atomic E-state index is 0.274. The molecule has 2 nitrogen and oxygen atoms in total. The molecule has 0 radical (unpaired) electrons. The highest BCUT2D eigenvalue weighted by atomic mass is 32.1. The zero-order valence-electron chi connectivity index (χ0n) is 8.19. The maximum Gasteiger partial charge on any atom is 0.188 e. The lowest BCUT2D eigenvalue weighted by Gasteiger charge is -2.08. The summed E-state index contributed by atoms with van der Waals surface area (Å²) < 4.78 is 10.2. The van der Waals surface area contributed by atoms with Crippen LogP contribution in [0, 0.1) is 0 Å². The fourth-order valence-corrected chi connectivity index (χ4v) is 1.74. The molecule has 1 saturated carbocycles. The van der Waals surface area contributed by atoms with Crippen LogP contribution in [0.5, 0.6) is 5.75 Å². The van der Waals surface area contributed by atoms with E-state index < -0.39 is 0 Å². The molecule has 0 spiro atoms. The second kappa shape index (κ2) is 4.24. The van der Waals surface area contributed by atoms with Crippen LogP contribution in [0.25, 0.3) is 0 Å². The molecule has 0 heterocycles. The summed E-state index contributed by atoms with van der Waals surface area (Å²) in [6.07, 6.45) is 2.62. The average Bonchev–Trinajstić information content (AvgIpc) is 2.99. The van der Waals surface area contributed by atoms with Crippen LogP contribution in [0.3, 0.4) is 0 Å². The third kappa shape index (κ3) is 2.22. The number of hydrogen-bond donors (Lipinski definition) is 1. The van der Waals surface area contributed by atoms with Crippen molar-refractivity contribution < 1.29 is 9.47 Å². The van der Waals surface area contributed by atoms with Gasteiger partial charge in [0.2, 0.25) is 0 Å². The molecule has 0 atom stereocenters. The van der Waals surface area contributed by atoms with Gasteiger partial charge in [-0.15, -0.1) is 12.6 Å². The van der Waals surface area contributed by atoms with Gasteiger partial charge in [0.05, 0.1) is 0 Å². The molecule has 76 valence electrons. The summed E-state index contributed by atoms with van der Waals surface area (Å²) in [6.45, 7) is 0.274. The van der Waals surface area contributed by atoms with Gasteiger partial charge in [-0.05, 0) is 36.5 Å². The fourth-order valence-electron chi connectivity index (χ4n) is 1.45. The lowest BCUT2D eigenvalue weighted by molar-refractivity contribution is 0.0491. The van der Waals surface area contributed by atoms with Gasteiger partial charge in [-0.3, -0.25) is 0 Å². The summed E-state index contributed by atoms with van der Waals surface area (Å²) in [4.78, 5) is 0.895. The number of thiol groups is 1. The Balaban J connectivity index is 2.09. The lowest BCUT2D eigenvalue weighted by Crippen LogP contribution is -1.99. The minimum Gasteiger partial charge on any atom is -0.466 e. The minimum atomic E-state index is 0.274. The van der Waals surface area contributed by atoms with Crippen molar-refractivity contribution >= 4 is 12.6 Å². The molecule has 3 heteroatoms. The molecule has 1 aromatic carbocycles. The van der Waals surface area contributed by atoms with Gasteiger partial charge >= 0.3 is 0 Å². The van der Waals surface area contributed by atoms with Gasteiger partial charge < -0.3 is 9.47 Å². The maximum absolute atomic E-state index is 5.34. The highest BCUT2D eigenvalue weighted by Gasteiger charge is 2.23. The number of ether oxygens (including phenoxy) is 2. The standard InChI is InChI=1S/C11H14O2S/c1-12-7-13-10-5-4-9(6-11(10)14)8-2-3-8/h4-6,8,14H,2-3,7H2,1H3. The largest absolute Gasteiger partial charge is 0.466 e. The maximum atomic E-state index is 5.34. The molecule has 1 aromatic rings. The van der Waals surface area contributed by atoms with E-state index in [-0.39, 0.29) is 6.79 Å². The molecule has 0 bridgehead atoms. The molecule has 0 saturated heterocycles. The van der Waals surface area contributed by atoms with Crippen molar-refractivity contribution in [3.63, 3.8) is 0 Å². The summed E-state index contributed by atoms with van der Waals surface area (Å²) in [5, 5.41) is 0. The first kappa shape index (κ1) is 9.87. The van der Waals surface area contributed by atoms with Crippen LogP contribution in [0.1, 0.15) is 24.3 Å². The number of rotatable bonds is 4. The van der Waals surface area contributed by atoms with Crippen LogP contribution in [-0.2, 0) is 4.74 Å². The third-order valence-corrected chi connectivity index (χ3v) is 2.71. The van der Waals surface area contributed by atoms with Crippen LogP contribution >= 0.6 is 12.6 Å². The van der Waals surface area contributed by atoms with Crippen molar-refractivity contribution in [1.29, 1.82) is 0 Å². The Morgan fingerprint density at radius 2 is 2.21 bits per heavy atom. The SMILES string of the molecule is COCOc1ccc(C2CC2)cc1S. The normalized spacial score (nSPS) is 15.6. The van der Waals surface area contributed by atoms with Crippen molar-refractivity contribution in [2.45, 2.75) is 23.7 Å². The van der Waals surface area contributed by atoms with Gasteiger partial charge in [-0.1, -0.05) is 6.07 Å². The lowest BCUT2D eigenvalue weighted by atomic mass is 10.1. The Bertz CT molecular complexity index is 321. The predicted molar refractivity (Wildman–Crippen MR) is 58.2 cm³/mol. The van der Waals surface area contributed by atoms with E-state index in [1.807, 2.05) is 6.07 Å². The van der Waals surface area contributed by atoms with E-state index in [1.54, 1.807) is 7.11 Å². The smallest absolute Gasteiger partial charge is 0.188 e. The highest BCUT2D eigenvalue weighted by Crippen LogP contribution is 2.41. The van der Waals surface area contributed by atoms with E-state index in [4.69, 9.17) is 9.47 Å². The van der Waals surface area contributed by atoms with Crippen molar-refractivity contribution in [1.82, 2.24) is 0 Å². The summed E-state index contributed by atoms with van der Waals surface area (Å²) in [5.41, 5.74) is 1.37. The summed E-state index contributed by atoms with van der Waals surface area (Å²) in [7, 11) is 1.61. The van der Waals surface area contributed by atoms with Gasteiger partial charge in [0, 0.05) is 12.0 Å². The molecule has 0 N–H and O–H groups in total. The van der Waals surface area contributed by atoms with Crippen LogP contribution in [0.15, 0.2) is 23.1 Å². The summed E-state index contributed by atoms with van der Waals surface area (Å²) in [6, 6.07) is 6.17. The topological polar surface area (TPSA) is 18.5 Å². The van der Waals surface area contributed by atoms with Crippen molar-refractivity contribution in [2.24, 2.45) is 0 Å². The zero-order valence-corrected chi connectivity index (χ0v) is 9.09. The van der Waals surface area contributed by atoms with E-state index in [0.29, 0.717) is 0 Å². The molecule has 14 heavy (non-hydrogen) atoms. The monoisotopic (exact) mass is 210 g/mol. The molecule has 0 amide bonds. The second-order valence-electron chi connectivity index (χ2n) is 3.55. The quantitative estimate of drug-likeness (QED) is 0.608. The number of hydrogen-bond acceptors (Lipinski definition) is 3. The third-order valence-electron chi connectivity index (χ3n) is 2.36. The van der Waals surface area contributed by atoms with E-state index in [2.05, 4.69) is 24.8 Å². The first-order valence-electron chi connectivity index (χ1n) is 4.76. The first-order valence-corrected chi connectivity index (χ1v) is 5.20. The van der Waals surface area contributed by atoms with E-state index in [1.165, 1.54) is 18.4 Å². The second-order valence-corrected chi connectivity index (χ2v) is 4.03. The fraction of sp³-hybridized carbons (Fsp3) is 0.455. The van der Waals surface area contributed by atoms with Crippen LogP contribution in [0.2, 0.25) is 0 Å². The Hall–Kier alpha value is -0.670. The van der Waals surface area contributed by atoms with E-state index >= 15 is 0 Å². The van der Waals surface area contributed by atoms with E-state index in [9.17, 15) is 0 Å². The summed E-state index contributed by atoms with van der Waals surface area (Å²) in [5.74, 6) is 1.55. The Morgan fingerprint density at radius 1 is 1.43 bits per heavy atom. The molecule has 1 fully saturated rings. The molecular formula is C11H14O2S. The van der Waals surface area contributed by atoms with Crippen molar-refractivity contribution in [3.8, 4) is 5.75 Å². The van der Waals surface area contributed by atoms with Crippen molar-refractivity contribution in [2.75, 3.05) is 13.9 Å². The van der Waals surface area contributed by atoms with Crippen LogP contribution in [0.4, 0.5) is 0 Å². The molecule has 0 aliphatic heterocycles. The van der Waals surface area contributed by atoms with E-state index in [0.717, 1.165) is 16.6 Å². The van der Waals surface area contributed by atoms with Gasteiger partial charge in [-0.25, -0.2) is 0 Å². The van der Waals surface area contributed by atoms with Crippen molar-refractivity contribution in [3.05, 3.63) is 23.8 Å².